The van der Waals surface area contributed by atoms with E-state index in [1.54, 1.807) is 24.3 Å². The number of rotatable bonds is 20. The summed E-state index contributed by atoms with van der Waals surface area (Å²) in [7, 11) is -3.60. The Bertz CT molecular complexity index is 718. The Labute approximate surface area is 196 Å². The predicted octanol–water partition coefficient (Wildman–Crippen LogP) is 7.02. The highest BCUT2D eigenvalue weighted by Gasteiger charge is 2.15. The average molecular weight is 468 g/mol. The number of nitrogens with one attached hydrogen (secondary N) is 1. The maximum atomic E-state index is 12.1. The quantitative estimate of drug-likeness (QED) is 0.209. The number of ether oxygens (including phenoxy) is 1. The van der Waals surface area contributed by atoms with E-state index in [0.717, 1.165) is 19.1 Å². The van der Waals surface area contributed by atoms with Crippen molar-refractivity contribution in [2.45, 2.75) is 110 Å². The average Bonchev–Trinajstić information content (AvgIpc) is 2.75. The fraction of sp³-hybridized carbons (Fsp3) is 0.731. The van der Waals surface area contributed by atoms with Gasteiger partial charge in [0.25, 0.3) is 5.91 Å². The molecule has 0 aliphatic heterocycles. The molecule has 0 aliphatic rings. The van der Waals surface area contributed by atoms with Crippen LogP contribution in [0.25, 0.3) is 0 Å². The molecule has 0 fully saturated rings. The van der Waals surface area contributed by atoms with E-state index in [4.69, 9.17) is 4.74 Å². The van der Waals surface area contributed by atoms with Gasteiger partial charge in [-0.3, -0.25) is 4.79 Å². The minimum atomic E-state index is -3.60. The Morgan fingerprint density at radius 3 is 1.66 bits per heavy atom. The normalized spacial score (nSPS) is 11.4. The summed E-state index contributed by atoms with van der Waals surface area (Å²) in [5.74, 6) is -0.232. The predicted molar refractivity (Wildman–Crippen MR) is 134 cm³/mol. The van der Waals surface area contributed by atoms with E-state index < -0.39 is 15.9 Å². The molecule has 1 amide bonds. The van der Waals surface area contributed by atoms with Crippen LogP contribution in [0.3, 0.4) is 0 Å². The molecule has 0 saturated heterocycles. The first-order valence-electron chi connectivity index (χ1n) is 12.7. The van der Waals surface area contributed by atoms with Crippen LogP contribution >= 0.6 is 0 Å². The van der Waals surface area contributed by atoms with Crippen LogP contribution in [0.15, 0.2) is 24.3 Å². The summed E-state index contributed by atoms with van der Waals surface area (Å²) in [6.07, 6.45) is 22.1. The van der Waals surface area contributed by atoms with Crippen molar-refractivity contribution in [1.29, 1.82) is 0 Å². The number of carbonyl (C=O) groups is 1. The minimum absolute atomic E-state index is 0.245. The molecule has 0 aliphatic carbocycles. The van der Waals surface area contributed by atoms with Gasteiger partial charge in [-0.05, 0) is 18.6 Å². The lowest BCUT2D eigenvalue weighted by Crippen LogP contribution is -2.29. The van der Waals surface area contributed by atoms with Crippen LogP contribution in [0.4, 0.5) is 0 Å². The molecule has 1 N–H and O–H groups in total. The SMILES string of the molecule is CCCCCCCCCCCCCCCCCCOc1ccccc1C(=O)NS(C)(=O)=O. The van der Waals surface area contributed by atoms with Gasteiger partial charge in [-0.25, -0.2) is 13.1 Å². The van der Waals surface area contributed by atoms with Gasteiger partial charge in [0.2, 0.25) is 10.0 Å². The zero-order chi connectivity index (χ0) is 23.5. The fourth-order valence-corrected chi connectivity index (χ4v) is 4.28. The molecule has 1 aromatic carbocycles. The summed E-state index contributed by atoms with van der Waals surface area (Å²) in [4.78, 5) is 12.1. The van der Waals surface area contributed by atoms with E-state index in [0.29, 0.717) is 12.4 Å². The second-order valence-corrected chi connectivity index (χ2v) is 10.6. The standard InChI is InChI=1S/C26H45NO4S/c1-3-4-5-6-7-8-9-10-11-12-13-14-15-16-17-20-23-31-25-22-19-18-21-24(25)26(28)27-32(2,29)30/h18-19,21-22H,3-17,20,23H2,1-2H3,(H,27,28). The van der Waals surface area contributed by atoms with E-state index >= 15 is 0 Å². The first-order valence-corrected chi connectivity index (χ1v) is 14.6. The van der Waals surface area contributed by atoms with E-state index in [2.05, 4.69) is 6.92 Å². The van der Waals surface area contributed by atoms with E-state index in [9.17, 15) is 13.2 Å². The number of carbonyl (C=O) groups excluding carboxylic acids is 1. The zero-order valence-corrected chi connectivity index (χ0v) is 21.2. The van der Waals surface area contributed by atoms with Crippen molar-refractivity contribution in [3.8, 4) is 5.75 Å². The van der Waals surface area contributed by atoms with Crippen molar-refractivity contribution in [3.63, 3.8) is 0 Å². The maximum absolute atomic E-state index is 12.1. The van der Waals surface area contributed by atoms with Gasteiger partial charge < -0.3 is 4.74 Å². The van der Waals surface area contributed by atoms with Gasteiger partial charge in [-0.1, -0.05) is 115 Å². The van der Waals surface area contributed by atoms with Crippen LogP contribution in [0, 0.1) is 0 Å². The third kappa shape index (κ3) is 15.3. The molecule has 32 heavy (non-hydrogen) atoms. The smallest absolute Gasteiger partial charge is 0.268 e. The van der Waals surface area contributed by atoms with Gasteiger partial charge in [-0.15, -0.1) is 0 Å². The third-order valence-corrected chi connectivity index (χ3v) is 6.22. The van der Waals surface area contributed by atoms with Crippen molar-refractivity contribution in [3.05, 3.63) is 29.8 Å². The van der Waals surface area contributed by atoms with Gasteiger partial charge >= 0.3 is 0 Å². The van der Waals surface area contributed by atoms with Crippen LogP contribution in [0.1, 0.15) is 120 Å². The second-order valence-electron chi connectivity index (χ2n) is 8.85. The Morgan fingerprint density at radius 2 is 1.19 bits per heavy atom. The number of unbranched alkanes of at least 4 members (excludes halogenated alkanes) is 15. The molecular weight excluding hydrogens is 422 g/mol. The van der Waals surface area contributed by atoms with E-state index in [1.807, 2.05) is 4.72 Å². The highest BCUT2D eigenvalue weighted by molar-refractivity contribution is 7.89. The molecule has 0 spiro atoms. The molecule has 0 radical (unpaired) electrons. The molecule has 0 atom stereocenters. The Kier molecular flexibility index (Phi) is 16.0. The first-order chi connectivity index (χ1) is 15.4. The number of hydrogen-bond acceptors (Lipinski definition) is 4. The van der Waals surface area contributed by atoms with Crippen LogP contribution in [0.2, 0.25) is 0 Å². The maximum Gasteiger partial charge on any atom is 0.268 e. The molecule has 1 aromatic rings. The summed E-state index contributed by atoms with van der Waals surface area (Å²) in [5.41, 5.74) is 0.245. The molecule has 1 rings (SSSR count). The summed E-state index contributed by atoms with van der Waals surface area (Å²) >= 11 is 0. The van der Waals surface area contributed by atoms with Crippen molar-refractivity contribution >= 4 is 15.9 Å². The van der Waals surface area contributed by atoms with Gasteiger partial charge in [0.1, 0.15) is 5.75 Å². The van der Waals surface area contributed by atoms with Crippen molar-refractivity contribution in [1.82, 2.24) is 4.72 Å². The monoisotopic (exact) mass is 467 g/mol. The Morgan fingerprint density at radius 1 is 0.750 bits per heavy atom. The lowest BCUT2D eigenvalue weighted by molar-refractivity contribution is 0.0977. The molecule has 0 unspecified atom stereocenters. The van der Waals surface area contributed by atoms with Crippen LogP contribution < -0.4 is 9.46 Å². The van der Waals surface area contributed by atoms with E-state index in [-0.39, 0.29) is 5.56 Å². The van der Waals surface area contributed by atoms with Crippen molar-refractivity contribution in [2.24, 2.45) is 0 Å². The van der Waals surface area contributed by atoms with Gasteiger partial charge in [-0.2, -0.15) is 0 Å². The van der Waals surface area contributed by atoms with Crippen LogP contribution in [-0.4, -0.2) is 27.2 Å². The topological polar surface area (TPSA) is 72.5 Å². The summed E-state index contributed by atoms with van der Waals surface area (Å²) in [5, 5.41) is 0. The van der Waals surface area contributed by atoms with Crippen molar-refractivity contribution < 1.29 is 17.9 Å². The lowest BCUT2D eigenvalue weighted by atomic mass is 10.0. The number of amides is 1. The molecule has 5 nitrogen and oxygen atoms in total. The van der Waals surface area contributed by atoms with Crippen molar-refractivity contribution in [2.75, 3.05) is 12.9 Å². The number of benzene rings is 1. The van der Waals surface area contributed by atoms with Gasteiger partial charge in [0.05, 0.1) is 18.4 Å². The molecule has 0 aromatic heterocycles. The summed E-state index contributed by atoms with van der Waals surface area (Å²) in [6.45, 7) is 2.80. The van der Waals surface area contributed by atoms with Crippen LogP contribution in [-0.2, 0) is 10.0 Å². The second kappa shape index (κ2) is 17.9. The molecule has 0 heterocycles. The molecule has 6 heteroatoms. The highest BCUT2D eigenvalue weighted by Crippen LogP contribution is 2.19. The van der Waals surface area contributed by atoms with Gasteiger partial charge in [0.15, 0.2) is 0 Å². The number of sulfonamides is 1. The summed E-state index contributed by atoms with van der Waals surface area (Å²) < 4.78 is 30.3. The minimum Gasteiger partial charge on any atom is -0.493 e. The van der Waals surface area contributed by atoms with Crippen LogP contribution in [0.5, 0.6) is 5.75 Å². The Balaban J connectivity index is 1.99. The highest BCUT2D eigenvalue weighted by atomic mass is 32.2. The zero-order valence-electron chi connectivity index (χ0n) is 20.4. The molecule has 184 valence electrons. The largest absolute Gasteiger partial charge is 0.493 e. The van der Waals surface area contributed by atoms with Gasteiger partial charge in [0, 0.05) is 0 Å². The molecule has 0 saturated carbocycles. The lowest BCUT2D eigenvalue weighted by Gasteiger charge is -2.11. The Hall–Kier alpha value is -1.56. The fourth-order valence-electron chi connectivity index (χ4n) is 3.84. The third-order valence-electron chi connectivity index (χ3n) is 5.67. The van der Waals surface area contributed by atoms with E-state index in [1.165, 1.54) is 89.9 Å². The molecule has 0 bridgehead atoms. The molecular formula is C26H45NO4S. The number of hydrogen-bond donors (Lipinski definition) is 1. The first kappa shape index (κ1) is 28.5. The number of para-hydroxylation sites is 1. The summed E-state index contributed by atoms with van der Waals surface area (Å²) in [6, 6.07) is 6.74.